The Labute approximate surface area is 157 Å². The number of aryl methyl sites for hydroxylation is 1. The van der Waals surface area contributed by atoms with Gasteiger partial charge in [0.1, 0.15) is 11.6 Å². The van der Waals surface area contributed by atoms with E-state index < -0.39 is 0 Å². The van der Waals surface area contributed by atoms with Gasteiger partial charge in [0.15, 0.2) is 0 Å². The van der Waals surface area contributed by atoms with Gasteiger partial charge in [-0.2, -0.15) is 0 Å². The van der Waals surface area contributed by atoms with Gasteiger partial charge < -0.3 is 0 Å². The number of hydrogen-bond donors (Lipinski definition) is 0. The molecule has 142 valence electrons. The van der Waals surface area contributed by atoms with E-state index >= 15 is 4.39 Å². The summed E-state index contributed by atoms with van der Waals surface area (Å²) in [6.45, 7) is 8.25. The molecular weight excluding hydrogens is 326 g/mol. The molecule has 0 bridgehead atoms. The number of halogens is 2. The second-order valence-electron chi connectivity index (χ2n) is 7.29. The lowest BCUT2D eigenvalue weighted by Gasteiger charge is -2.31. The first-order valence-electron chi connectivity index (χ1n) is 10.1. The maximum atomic E-state index is 15.0. The van der Waals surface area contributed by atoms with E-state index in [9.17, 15) is 4.39 Å². The van der Waals surface area contributed by atoms with E-state index in [-0.39, 0.29) is 17.6 Å². The van der Waals surface area contributed by atoms with Gasteiger partial charge in [0.25, 0.3) is 0 Å². The van der Waals surface area contributed by atoms with Gasteiger partial charge in [-0.3, -0.25) is 0 Å². The van der Waals surface area contributed by atoms with Crippen molar-refractivity contribution in [2.75, 3.05) is 0 Å². The molecule has 0 nitrogen and oxygen atoms in total. The van der Waals surface area contributed by atoms with Crippen LogP contribution in [0.1, 0.15) is 81.0 Å². The van der Waals surface area contributed by atoms with Crippen molar-refractivity contribution in [2.45, 2.75) is 72.1 Å². The van der Waals surface area contributed by atoms with Crippen LogP contribution in [-0.2, 0) is 6.42 Å². The monoisotopic (exact) mass is 358 g/mol. The van der Waals surface area contributed by atoms with Crippen molar-refractivity contribution in [3.05, 3.63) is 70.3 Å². The van der Waals surface area contributed by atoms with Crippen LogP contribution in [0.4, 0.5) is 8.78 Å². The van der Waals surface area contributed by atoms with E-state index in [4.69, 9.17) is 0 Å². The van der Waals surface area contributed by atoms with Crippen molar-refractivity contribution in [1.29, 1.82) is 0 Å². The minimum Gasteiger partial charge on any atom is -0.207 e. The topological polar surface area (TPSA) is 0 Å². The zero-order valence-corrected chi connectivity index (χ0v) is 16.6. The Morgan fingerprint density at radius 3 is 2.19 bits per heavy atom. The maximum absolute atomic E-state index is 15.0. The first-order chi connectivity index (χ1) is 12.5. The molecule has 0 aromatic heterocycles. The summed E-state index contributed by atoms with van der Waals surface area (Å²) in [5.74, 6) is -0.126. The van der Waals surface area contributed by atoms with E-state index in [1.807, 2.05) is 19.1 Å². The second kappa shape index (κ2) is 9.85. The Hall–Kier alpha value is -1.70. The third-order valence-electron chi connectivity index (χ3n) is 5.54. The molecule has 2 rings (SSSR count). The fraction of sp³-hybridized carbons (Fsp3) is 0.500. The lowest BCUT2D eigenvalue weighted by molar-refractivity contribution is 0.376. The molecule has 0 saturated heterocycles. The SMILES string of the molecule is CCCC[C@H](CCC)C(c1cccc(F)c1C)c1c(F)cccc1CC. The molecule has 0 aliphatic heterocycles. The van der Waals surface area contributed by atoms with E-state index in [1.54, 1.807) is 18.2 Å². The molecule has 0 spiro atoms. The van der Waals surface area contributed by atoms with E-state index in [0.29, 0.717) is 11.5 Å². The van der Waals surface area contributed by atoms with Crippen LogP contribution < -0.4 is 0 Å². The molecule has 26 heavy (non-hydrogen) atoms. The summed E-state index contributed by atoms with van der Waals surface area (Å²) in [7, 11) is 0. The summed E-state index contributed by atoms with van der Waals surface area (Å²) < 4.78 is 29.4. The Morgan fingerprint density at radius 1 is 0.846 bits per heavy atom. The highest BCUT2D eigenvalue weighted by Gasteiger charge is 2.30. The predicted octanol–water partition coefficient (Wildman–Crippen LogP) is 7.57. The van der Waals surface area contributed by atoms with E-state index in [1.165, 1.54) is 6.07 Å². The first-order valence-corrected chi connectivity index (χ1v) is 10.1. The van der Waals surface area contributed by atoms with Crippen LogP contribution in [0.3, 0.4) is 0 Å². The lowest BCUT2D eigenvalue weighted by Crippen LogP contribution is -2.19. The standard InChI is InChI=1S/C24H32F2/c1-5-8-12-19(11-6-2)23(20-14-10-15-21(25)17(20)4)24-18(7-3)13-9-16-22(24)26/h9-10,13-16,19,23H,5-8,11-12H2,1-4H3/t19-,23?/m0/s1. The molecule has 2 aromatic rings. The first kappa shape index (κ1) is 20.6. The molecule has 0 saturated carbocycles. The fourth-order valence-electron chi connectivity index (χ4n) is 4.16. The molecule has 0 fully saturated rings. The van der Waals surface area contributed by atoms with Gasteiger partial charge in [0, 0.05) is 5.92 Å². The van der Waals surface area contributed by atoms with Crippen LogP contribution in [0.5, 0.6) is 0 Å². The highest BCUT2D eigenvalue weighted by Crippen LogP contribution is 2.42. The van der Waals surface area contributed by atoms with Crippen LogP contribution in [0.25, 0.3) is 0 Å². The van der Waals surface area contributed by atoms with E-state index in [0.717, 1.165) is 55.2 Å². The molecule has 2 heteroatoms. The zero-order valence-electron chi connectivity index (χ0n) is 16.6. The molecule has 0 aliphatic rings. The van der Waals surface area contributed by atoms with Gasteiger partial charge in [0.2, 0.25) is 0 Å². The van der Waals surface area contributed by atoms with Crippen molar-refractivity contribution in [3.8, 4) is 0 Å². The van der Waals surface area contributed by atoms with Gasteiger partial charge >= 0.3 is 0 Å². The second-order valence-corrected chi connectivity index (χ2v) is 7.29. The van der Waals surface area contributed by atoms with Crippen LogP contribution in [0.15, 0.2) is 36.4 Å². The summed E-state index contributed by atoms with van der Waals surface area (Å²) in [5.41, 5.74) is 3.41. The Balaban J connectivity index is 2.67. The van der Waals surface area contributed by atoms with Gasteiger partial charge in [-0.25, -0.2) is 8.78 Å². The quantitative estimate of drug-likeness (QED) is 0.433. The largest absolute Gasteiger partial charge is 0.207 e. The van der Waals surface area contributed by atoms with Crippen molar-refractivity contribution >= 4 is 0 Å². The minimum atomic E-state index is -0.201. The molecular formula is C24H32F2. The lowest BCUT2D eigenvalue weighted by atomic mass is 9.73. The average Bonchev–Trinajstić information content (AvgIpc) is 2.64. The molecule has 0 radical (unpaired) electrons. The number of hydrogen-bond acceptors (Lipinski definition) is 0. The van der Waals surface area contributed by atoms with Crippen LogP contribution in [0.2, 0.25) is 0 Å². The van der Waals surface area contributed by atoms with Gasteiger partial charge in [-0.05, 0) is 66.5 Å². The summed E-state index contributed by atoms with van der Waals surface area (Å²) in [6.07, 6.45) is 6.14. The molecule has 0 aliphatic carbocycles. The molecule has 2 aromatic carbocycles. The van der Waals surface area contributed by atoms with Gasteiger partial charge in [-0.15, -0.1) is 0 Å². The van der Waals surface area contributed by atoms with Crippen molar-refractivity contribution in [2.24, 2.45) is 5.92 Å². The molecule has 0 N–H and O–H groups in total. The summed E-state index contributed by atoms with van der Waals surface area (Å²) in [5, 5.41) is 0. The summed E-state index contributed by atoms with van der Waals surface area (Å²) in [6, 6.07) is 10.6. The van der Waals surface area contributed by atoms with Crippen molar-refractivity contribution in [3.63, 3.8) is 0 Å². The summed E-state index contributed by atoms with van der Waals surface area (Å²) >= 11 is 0. The Kier molecular flexibility index (Phi) is 7.81. The van der Waals surface area contributed by atoms with Crippen LogP contribution in [0, 0.1) is 24.5 Å². The molecule has 0 heterocycles. The Morgan fingerprint density at radius 2 is 1.54 bits per heavy atom. The van der Waals surface area contributed by atoms with Crippen molar-refractivity contribution < 1.29 is 8.78 Å². The smallest absolute Gasteiger partial charge is 0.127 e. The van der Waals surface area contributed by atoms with Crippen LogP contribution in [-0.4, -0.2) is 0 Å². The summed E-state index contributed by atoms with van der Waals surface area (Å²) in [4.78, 5) is 0. The number of rotatable bonds is 9. The highest BCUT2D eigenvalue weighted by molar-refractivity contribution is 5.43. The minimum absolute atomic E-state index is 0.0895. The third kappa shape index (κ3) is 4.52. The highest BCUT2D eigenvalue weighted by atomic mass is 19.1. The van der Waals surface area contributed by atoms with Gasteiger partial charge in [0.05, 0.1) is 0 Å². The maximum Gasteiger partial charge on any atom is 0.127 e. The zero-order chi connectivity index (χ0) is 19.1. The fourth-order valence-corrected chi connectivity index (χ4v) is 4.16. The van der Waals surface area contributed by atoms with Gasteiger partial charge in [-0.1, -0.05) is 64.3 Å². The number of unbranched alkanes of at least 4 members (excludes halogenated alkanes) is 1. The normalized spacial score (nSPS) is 13.6. The molecule has 0 amide bonds. The Bertz CT molecular complexity index is 705. The van der Waals surface area contributed by atoms with Crippen molar-refractivity contribution in [1.82, 2.24) is 0 Å². The molecule has 1 unspecified atom stereocenters. The van der Waals surface area contributed by atoms with Crippen LogP contribution >= 0.6 is 0 Å². The number of benzene rings is 2. The van der Waals surface area contributed by atoms with E-state index in [2.05, 4.69) is 20.8 Å². The predicted molar refractivity (Wildman–Crippen MR) is 107 cm³/mol. The average molecular weight is 359 g/mol. The third-order valence-corrected chi connectivity index (χ3v) is 5.54. The molecule has 2 atom stereocenters.